The monoisotopic (exact) mass is 340 g/mol. The minimum absolute atomic E-state index is 0.00244. The quantitative estimate of drug-likeness (QED) is 0.705. The molecule has 1 amide bonds. The van der Waals surface area contributed by atoms with Crippen LogP contribution in [0.25, 0.3) is 10.9 Å². The minimum Gasteiger partial charge on any atom is -0.342 e. The first-order chi connectivity index (χ1) is 12.0. The summed E-state index contributed by atoms with van der Waals surface area (Å²) in [6.07, 6.45) is -0.581. The molecule has 2 aromatic carbocycles. The molecule has 0 bridgehead atoms. The zero-order valence-corrected chi connectivity index (χ0v) is 13.8. The van der Waals surface area contributed by atoms with Gasteiger partial charge in [-0.05, 0) is 24.6 Å². The van der Waals surface area contributed by atoms with Gasteiger partial charge in [-0.3, -0.25) is 4.79 Å². The first-order valence-electron chi connectivity index (χ1n) is 7.87. The summed E-state index contributed by atoms with van der Waals surface area (Å²) in [5, 5.41) is 3.67. The van der Waals surface area contributed by atoms with E-state index in [0.717, 1.165) is 16.5 Å². The lowest BCUT2D eigenvalue weighted by Gasteiger charge is -2.11. The second-order valence-corrected chi connectivity index (χ2v) is 5.96. The molecular formula is C20H18F2N2O. The summed E-state index contributed by atoms with van der Waals surface area (Å²) in [5.41, 5.74) is 2.82. The van der Waals surface area contributed by atoms with E-state index >= 15 is 0 Å². The Hall–Kier alpha value is -2.95. The van der Waals surface area contributed by atoms with Crippen LogP contribution in [0, 0.1) is 0 Å². The number of benzene rings is 2. The van der Waals surface area contributed by atoms with E-state index in [4.69, 9.17) is 0 Å². The minimum atomic E-state index is -2.47. The van der Waals surface area contributed by atoms with Crippen molar-refractivity contribution in [3.05, 3.63) is 83.7 Å². The Kier molecular flexibility index (Phi) is 4.65. The number of halogens is 2. The van der Waals surface area contributed by atoms with Gasteiger partial charge in [-0.2, -0.15) is 0 Å². The maximum atomic E-state index is 12.7. The van der Waals surface area contributed by atoms with Gasteiger partial charge in [0.25, 0.3) is 12.3 Å². The molecule has 1 N–H and O–H groups in total. The number of carbonyl (C=O) groups is 1. The van der Waals surface area contributed by atoms with Gasteiger partial charge in [-0.1, -0.05) is 43.0 Å². The lowest BCUT2D eigenvalue weighted by atomic mass is 10.1. The SMILES string of the molecule is C=C(C)NC(=O)c1cccc2ccn(Cc3ccc(C(F)F)cc3)c12. The number of carbonyl (C=O) groups excluding carboxylic acids is 1. The summed E-state index contributed by atoms with van der Waals surface area (Å²) >= 11 is 0. The number of nitrogens with one attached hydrogen (secondary N) is 1. The fourth-order valence-electron chi connectivity index (χ4n) is 2.80. The second-order valence-electron chi connectivity index (χ2n) is 5.96. The average molecular weight is 340 g/mol. The van der Waals surface area contributed by atoms with Crippen LogP contribution in [0.15, 0.2) is 67.0 Å². The molecule has 0 aliphatic heterocycles. The van der Waals surface area contributed by atoms with E-state index in [1.807, 2.05) is 29.0 Å². The van der Waals surface area contributed by atoms with Gasteiger partial charge in [0.1, 0.15) is 0 Å². The van der Waals surface area contributed by atoms with Gasteiger partial charge in [0.15, 0.2) is 0 Å². The molecule has 0 unspecified atom stereocenters. The van der Waals surface area contributed by atoms with E-state index < -0.39 is 6.43 Å². The maximum absolute atomic E-state index is 12.7. The molecule has 128 valence electrons. The molecule has 5 heteroatoms. The van der Waals surface area contributed by atoms with Gasteiger partial charge < -0.3 is 9.88 Å². The molecule has 0 fully saturated rings. The van der Waals surface area contributed by atoms with Crippen molar-refractivity contribution in [3.63, 3.8) is 0 Å². The van der Waals surface area contributed by atoms with Crippen LogP contribution >= 0.6 is 0 Å². The molecule has 3 rings (SSSR count). The van der Waals surface area contributed by atoms with Gasteiger partial charge in [0, 0.05) is 29.4 Å². The summed E-state index contributed by atoms with van der Waals surface area (Å²) in [4.78, 5) is 12.4. The maximum Gasteiger partial charge on any atom is 0.263 e. The van der Waals surface area contributed by atoms with E-state index in [9.17, 15) is 13.6 Å². The Morgan fingerprint density at radius 3 is 2.52 bits per heavy atom. The Morgan fingerprint density at radius 2 is 1.88 bits per heavy atom. The molecule has 1 heterocycles. The molecule has 0 spiro atoms. The molecule has 1 aromatic heterocycles. The highest BCUT2D eigenvalue weighted by Crippen LogP contribution is 2.23. The van der Waals surface area contributed by atoms with Gasteiger partial charge in [-0.15, -0.1) is 0 Å². The number of alkyl halides is 2. The molecule has 0 atom stereocenters. The number of hydrogen-bond acceptors (Lipinski definition) is 1. The summed E-state index contributed by atoms with van der Waals surface area (Å²) < 4.78 is 27.3. The summed E-state index contributed by atoms with van der Waals surface area (Å²) in [7, 11) is 0. The lowest BCUT2D eigenvalue weighted by Crippen LogP contribution is -2.21. The largest absolute Gasteiger partial charge is 0.342 e. The van der Waals surface area contributed by atoms with Gasteiger partial charge in [0.05, 0.1) is 11.1 Å². The zero-order valence-electron chi connectivity index (χ0n) is 13.8. The fourth-order valence-corrected chi connectivity index (χ4v) is 2.80. The molecule has 0 aliphatic carbocycles. The van der Waals surface area contributed by atoms with E-state index in [1.165, 1.54) is 12.1 Å². The van der Waals surface area contributed by atoms with Crippen molar-refractivity contribution < 1.29 is 13.6 Å². The van der Waals surface area contributed by atoms with Gasteiger partial charge in [0.2, 0.25) is 0 Å². The Labute approximate surface area is 144 Å². The number of fused-ring (bicyclic) bond motifs is 1. The summed E-state index contributed by atoms with van der Waals surface area (Å²) in [5.74, 6) is -0.217. The van der Waals surface area contributed by atoms with E-state index in [-0.39, 0.29) is 11.5 Å². The number of nitrogens with zero attached hydrogens (tertiary/aromatic N) is 1. The number of hydrogen-bond donors (Lipinski definition) is 1. The number of amides is 1. The number of allylic oxidation sites excluding steroid dienone is 1. The molecule has 0 saturated carbocycles. The molecule has 0 saturated heterocycles. The Balaban J connectivity index is 1.96. The molecule has 0 aliphatic rings. The third-order valence-corrected chi connectivity index (χ3v) is 3.94. The standard InChI is InChI=1S/C20H18F2N2O/c1-13(2)23-20(25)17-5-3-4-15-10-11-24(18(15)17)12-14-6-8-16(9-7-14)19(21)22/h3-11,19H,1,12H2,2H3,(H,23,25). The van der Waals surface area contributed by atoms with Crippen molar-refractivity contribution in [2.24, 2.45) is 0 Å². The lowest BCUT2D eigenvalue weighted by molar-refractivity contribution is 0.0967. The van der Waals surface area contributed by atoms with Crippen LogP contribution in [0.1, 0.15) is 34.8 Å². The van der Waals surface area contributed by atoms with Crippen molar-refractivity contribution in [2.45, 2.75) is 19.9 Å². The normalized spacial score (nSPS) is 11.0. The van der Waals surface area contributed by atoms with Crippen LogP contribution in [0.2, 0.25) is 0 Å². The van der Waals surface area contributed by atoms with Gasteiger partial charge >= 0.3 is 0 Å². The highest BCUT2D eigenvalue weighted by Gasteiger charge is 2.14. The third-order valence-electron chi connectivity index (χ3n) is 3.94. The summed E-state index contributed by atoms with van der Waals surface area (Å²) in [6.45, 7) is 5.92. The van der Waals surface area contributed by atoms with Crippen LogP contribution in [0.5, 0.6) is 0 Å². The summed E-state index contributed by atoms with van der Waals surface area (Å²) in [6, 6.07) is 13.7. The van der Waals surface area contributed by atoms with Crippen LogP contribution in [0.3, 0.4) is 0 Å². The molecule has 0 radical (unpaired) electrons. The number of para-hydroxylation sites is 1. The highest BCUT2D eigenvalue weighted by molar-refractivity contribution is 6.06. The number of rotatable bonds is 5. The number of aromatic nitrogens is 1. The van der Waals surface area contributed by atoms with Crippen molar-refractivity contribution in [3.8, 4) is 0 Å². The average Bonchev–Trinajstić information content (AvgIpc) is 2.98. The Morgan fingerprint density at radius 1 is 1.16 bits per heavy atom. The van der Waals surface area contributed by atoms with E-state index in [1.54, 1.807) is 25.1 Å². The second kappa shape index (κ2) is 6.89. The molecule has 25 heavy (non-hydrogen) atoms. The first kappa shape index (κ1) is 16.9. The van der Waals surface area contributed by atoms with Crippen LogP contribution in [-0.2, 0) is 6.54 Å². The predicted octanol–water partition coefficient (Wildman–Crippen LogP) is 4.89. The highest BCUT2D eigenvalue weighted by atomic mass is 19.3. The van der Waals surface area contributed by atoms with Crippen molar-refractivity contribution in [2.75, 3.05) is 0 Å². The van der Waals surface area contributed by atoms with Crippen LogP contribution in [-0.4, -0.2) is 10.5 Å². The van der Waals surface area contributed by atoms with Crippen molar-refractivity contribution in [1.29, 1.82) is 0 Å². The topological polar surface area (TPSA) is 34.0 Å². The predicted molar refractivity (Wildman–Crippen MR) is 94.7 cm³/mol. The fraction of sp³-hybridized carbons (Fsp3) is 0.150. The molecule has 3 aromatic rings. The third kappa shape index (κ3) is 3.60. The van der Waals surface area contributed by atoms with Crippen LogP contribution < -0.4 is 5.32 Å². The van der Waals surface area contributed by atoms with Gasteiger partial charge in [-0.25, -0.2) is 8.78 Å². The van der Waals surface area contributed by atoms with E-state index in [0.29, 0.717) is 17.8 Å². The van der Waals surface area contributed by atoms with E-state index in [2.05, 4.69) is 11.9 Å². The Bertz CT molecular complexity index is 927. The van der Waals surface area contributed by atoms with Crippen LogP contribution in [0.4, 0.5) is 8.78 Å². The smallest absolute Gasteiger partial charge is 0.263 e. The van der Waals surface area contributed by atoms with Crippen molar-refractivity contribution in [1.82, 2.24) is 9.88 Å². The molecular weight excluding hydrogens is 322 g/mol. The molecule has 3 nitrogen and oxygen atoms in total. The van der Waals surface area contributed by atoms with Crippen molar-refractivity contribution >= 4 is 16.8 Å². The first-order valence-corrected chi connectivity index (χ1v) is 7.87. The zero-order chi connectivity index (χ0) is 18.0.